The van der Waals surface area contributed by atoms with Gasteiger partial charge in [0.1, 0.15) is 0 Å². The van der Waals surface area contributed by atoms with E-state index in [1.165, 1.54) is 0 Å². The van der Waals surface area contributed by atoms with Crippen molar-refractivity contribution in [2.75, 3.05) is 19.0 Å². The van der Waals surface area contributed by atoms with Crippen LogP contribution >= 0.6 is 0 Å². The molecule has 0 saturated carbocycles. The first-order valence-corrected chi connectivity index (χ1v) is 4.79. The molecule has 0 fully saturated rings. The second-order valence-corrected chi connectivity index (χ2v) is 4.01. The summed E-state index contributed by atoms with van der Waals surface area (Å²) in [7, 11) is -3.56. The van der Waals surface area contributed by atoms with E-state index in [-0.39, 0.29) is 18.4 Å². The first-order chi connectivity index (χ1) is 4.98. The summed E-state index contributed by atoms with van der Waals surface area (Å²) in [4.78, 5) is 0. The zero-order chi connectivity index (χ0) is 8.91. The van der Waals surface area contributed by atoms with Crippen LogP contribution in [-0.2, 0) is 14.3 Å². The van der Waals surface area contributed by atoms with Gasteiger partial charge in [0.15, 0.2) is 0 Å². The van der Waals surface area contributed by atoms with Gasteiger partial charge in [-0.15, -0.1) is 0 Å². The minimum absolute atomic E-state index is 0.0394. The van der Waals surface area contributed by atoms with E-state index in [0.29, 0.717) is 0 Å². The van der Waals surface area contributed by atoms with Crippen molar-refractivity contribution in [2.45, 2.75) is 13.0 Å². The third-order valence-corrected chi connectivity index (χ3v) is 2.03. The predicted octanol–water partition coefficient (Wildman–Crippen LogP) is -1.33. The number of aliphatic hydroxyl groups excluding tert-OH is 1. The van der Waals surface area contributed by atoms with Gasteiger partial charge in [-0.1, -0.05) is 0 Å². The van der Waals surface area contributed by atoms with E-state index in [4.69, 9.17) is 10.8 Å². The first-order valence-electron chi connectivity index (χ1n) is 3.21. The normalized spacial score (nSPS) is 14.8. The molecule has 0 aromatic rings. The summed E-state index contributed by atoms with van der Waals surface area (Å²) in [5.41, 5.74) is 5.24. The summed E-state index contributed by atoms with van der Waals surface area (Å²) in [5, 5.41) is 8.28. The predicted molar refractivity (Wildman–Crippen MR) is 40.5 cm³/mol. The summed E-state index contributed by atoms with van der Waals surface area (Å²) >= 11 is 0. The van der Waals surface area contributed by atoms with Crippen molar-refractivity contribution in [3.05, 3.63) is 0 Å². The van der Waals surface area contributed by atoms with Gasteiger partial charge in [-0.3, -0.25) is 4.18 Å². The molecule has 0 aromatic heterocycles. The van der Waals surface area contributed by atoms with Crippen molar-refractivity contribution >= 4 is 10.1 Å². The summed E-state index contributed by atoms with van der Waals surface area (Å²) < 4.78 is 25.8. The van der Waals surface area contributed by atoms with Gasteiger partial charge in [0.2, 0.25) is 0 Å². The average molecular weight is 183 g/mol. The quantitative estimate of drug-likeness (QED) is 0.515. The molecule has 0 heterocycles. The van der Waals surface area contributed by atoms with E-state index >= 15 is 0 Å². The third kappa shape index (κ3) is 6.24. The van der Waals surface area contributed by atoms with Gasteiger partial charge in [-0.25, -0.2) is 0 Å². The van der Waals surface area contributed by atoms with Crippen molar-refractivity contribution in [1.29, 1.82) is 0 Å². The Balaban J connectivity index is 3.74. The first kappa shape index (κ1) is 10.8. The molecule has 0 rings (SSSR count). The van der Waals surface area contributed by atoms with Crippen molar-refractivity contribution in [2.24, 2.45) is 5.73 Å². The Morgan fingerprint density at radius 2 is 2.18 bits per heavy atom. The molecule has 3 N–H and O–H groups in total. The molecule has 0 aromatic carbocycles. The highest BCUT2D eigenvalue weighted by atomic mass is 32.2. The molecule has 0 radical (unpaired) electrons. The Kier molecular flexibility index (Phi) is 4.58. The van der Waals surface area contributed by atoms with Gasteiger partial charge < -0.3 is 10.8 Å². The van der Waals surface area contributed by atoms with Crippen LogP contribution in [0.3, 0.4) is 0 Å². The van der Waals surface area contributed by atoms with Crippen molar-refractivity contribution in [3.8, 4) is 0 Å². The number of rotatable bonds is 5. The fourth-order valence-electron chi connectivity index (χ4n) is 0.382. The standard InChI is InChI=1S/C5H13NO4S/c1-5(6)4-10-11(8,9)3-2-7/h5,7H,2-4,6H2,1H3. The van der Waals surface area contributed by atoms with Crippen LogP contribution in [0.5, 0.6) is 0 Å². The maximum atomic E-state index is 10.7. The Hall–Kier alpha value is -0.170. The molecule has 0 aliphatic heterocycles. The molecule has 1 unspecified atom stereocenters. The Morgan fingerprint density at radius 3 is 2.55 bits per heavy atom. The van der Waals surface area contributed by atoms with Gasteiger partial charge in [-0.05, 0) is 6.92 Å². The van der Waals surface area contributed by atoms with Crippen LogP contribution in [0.15, 0.2) is 0 Å². The average Bonchev–Trinajstić information content (AvgIpc) is 1.84. The number of aliphatic hydroxyl groups is 1. The summed E-state index contributed by atoms with van der Waals surface area (Å²) in [5.74, 6) is -0.375. The summed E-state index contributed by atoms with van der Waals surface area (Å²) in [6.07, 6.45) is 0. The topological polar surface area (TPSA) is 89.6 Å². The smallest absolute Gasteiger partial charge is 0.269 e. The SMILES string of the molecule is CC(N)COS(=O)(=O)CCO. The van der Waals surface area contributed by atoms with Crippen LogP contribution in [-0.4, -0.2) is 38.5 Å². The van der Waals surface area contributed by atoms with E-state index in [2.05, 4.69) is 4.18 Å². The van der Waals surface area contributed by atoms with Crippen molar-refractivity contribution in [3.63, 3.8) is 0 Å². The lowest BCUT2D eigenvalue weighted by Crippen LogP contribution is -2.25. The van der Waals surface area contributed by atoms with Crippen LogP contribution in [0.4, 0.5) is 0 Å². The Labute approximate surface area is 66.3 Å². The summed E-state index contributed by atoms with van der Waals surface area (Å²) in [6.45, 7) is 1.16. The largest absolute Gasteiger partial charge is 0.395 e. The van der Waals surface area contributed by atoms with E-state index in [1.807, 2.05) is 0 Å². The molecule has 1 atom stereocenters. The second-order valence-electron chi connectivity index (χ2n) is 2.25. The fourth-order valence-corrected chi connectivity index (χ4v) is 1.15. The van der Waals surface area contributed by atoms with Gasteiger partial charge in [0, 0.05) is 6.04 Å². The molecular formula is C5H13NO4S. The zero-order valence-electron chi connectivity index (χ0n) is 6.36. The Morgan fingerprint density at radius 1 is 1.64 bits per heavy atom. The lowest BCUT2D eigenvalue weighted by molar-refractivity contribution is 0.281. The molecule has 0 spiro atoms. The number of nitrogens with two attached hydrogens (primary N) is 1. The molecule has 11 heavy (non-hydrogen) atoms. The third-order valence-electron chi connectivity index (χ3n) is 0.852. The maximum absolute atomic E-state index is 10.7. The van der Waals surface area contributed by atoms with Gasteiger partial charge in [-0.2, -0.15) is 8.42 Å². The molecule has 0 saturated heterocycles. The summed E-state index contributed by atoms with van der Waals surface area (Å²) in [6, 6.07) is -0.316. The van der Waals surface area contributed by atoms with Crippen molar-refractivity contribution < 1.29 is 17.7 Å². The minimum atomic E-state index is -3.56. The van der Waals surface area contributed by atoms with Crippen LogP contribution in [0.1, 0.15) is 6.92 Å². The molecule has 0 bridgehead atoms. The highest BCUT2D eigenvalue weighted by Crippen LogP contribution is 1.92. The van der Waals surface area contributed by atoms with E-state index < -0.39 is 16.7 Å². The van der Waals surface area contributed by atoms with Crippen LogP contribution in [0, 0.1) is 0 Å². The maximum Gasteiger partial charge on any atom is 0.269 e. The second kappa shape index (κ2) is 4.66. The van der Waals surface area contributed by atoms with E-state index in [1.54, 1.807) is 6.92 Å². The van der Waals surface area contributed by atoms with Gasteiger partial charge >= 0.3 is 0 Å². The minimum Gasteiger partial charge on any atom is -0.395 e. The molecular weight excluding hydrogens is 170 g/mol. The van der Waals surface area contributed by atoms with Gasteiger partial charge in [0.05, 0.1) is 19.0 Å². The molecule has 0 aliphatic carbocycles. The Bertz CT molecular complexity index is 187. The monoisotopic (exact) mass is 183 g/mol. The lowest BCUT2D eigenvalue weighted by atomic mass is 10.4. The molecule has 6 heteroatoms. The molecule has 0 aliphatic rings. The van der Waals surface area contributed by atoms with Crippen LogP contribution in [0.2, 0.25) is 0 Å². The van der Waals surface area contributed by atoms with Crippen LogP contribution < -0.4 is 5.73 Å². The number of hydrogen-bond donors (Lipinski definition) is 2. The molecule has 5 nitrogen and oxygen atoms in total. The van der Waals surface area contributed by atoms with E-state index in [0.717, 1.165) is 0 Å². The fraction of sp³-hybridized carbons (Fsp3) is 1.00. The van der Waals surface area contributed by atoms with Gasteiger partial charge in [0.25, 0.3) is 10.1 Å². The van der Waals surface area contributed by atoms with E-state index in [9.17, 15) is 8.42 Å². The molecule has 0 amide bonds. The highest BCUT2D eigenvalue weighted by Gasteiger charge is 2.10. The number of hydrogen-bond acceptors (Lipinski definition) is 5. The van der Waals surface area contributed by atoms with Crippen molar-refractivity contribution in [1.82, 2.24) is 0 Å². The lowest BCUT2D eigenvalue weighted by Gasteiger charge is -2.05. The van der Waals surface area contributed by atoms with Crippen LogP contribution in [0.25, 0.3) is 0 Å². The zero-order valence-corrected chi connectivity index (χ0v) is 7.17. The molecule has 68 valence electrons. The highest BCUT2D eigenvalue weighted by molar-refractivity contribution is 7.86.